The monoisotopic (exact) mass is 188 g/mol. The van der Waals surface area contributed by atoms with Crippen LogP contribution in [0.2, 0.25) is 0 Å². The number of hydrogen-bond acceptors (Lipinski definition) is 3. The van der Waals surface area contributed by atoms with Crippen molar-refractivity contribution in [2.45, 2.75) is 26.8 Å². The molecule has 0 aromatic heterocycles. The smallest absolute Gasteiger partial charge is 0.0505 e. The molecule has 0 bridgehead atoms. The Morgan fingerprint density at radius 2 is 2.08 bits per heavy atom. The second-order valence-electron chi connectivity index (χ2n) is 3.50. The van der Waals surface area contributed by atoms with E-state index in [1.807, 2.05) is 18.7 Å². The molecule has 0 aliphatic carbocycles. The van der Waals surface area contributed by atoms with Crippen LogP contribution in [0.1, 0.15) is 20.8 Å². The van der Waals surface area contributed by atoms with Gasteiger partial charge in [-0.3, -0.25) is 11.3 Å². The maximum absolute atomic E-state index is 5.37. The van der Waals surface area contributed by atoms with Crippen molar-refractivity contribution >= 4 is 11.8 Å². The largest absolute Gasteiger partial charge is 0.271 e. The van der Waals surface area contributed by atoms with Gasteiger partial charge in [-0.1, -0.05) is 26.0 Å². The highest BCUT2D eigenvalue weighted by Crippen LogP contribution is 2.11. The van der Waals surface area contributed by atoms with Crippen LogP contribution in [0.3, 0.4) is 0 Å². The molecule has 0 saturated heterocycles. The maximum Gasteiger partial charge on any atom is 0.0505 e. The van der Waals surface area contributed by atoms with Gasteiger partial charge in [0.15, 0.2) is 0 Å². The van der Waals surface area contributed by atoms with Crippen LogP contribution in [0.25, 0.3) is 0 Å². The minimum Gasteiger partial charge on any atom is -0.271 e. The van der Waals surface area contributed by atoms with Crippen molar-refractivity contribution in [1.82, 2.24) is 5.43 Å². The van der Waals surface area contributed by atoms with E-state index in [0.717, 1.165) is 17.2 Å². The summed E-state index contributed by atoms with van der Waals surface area (Å²) in [6.45, 7) is 10.3. The van der Waals surface area contributed by atoms with E-state index in [1.165, 1.54) is 5.75 Å². The van der Waals surface area contributed by atoms with E-state index < -0.39 is 0 Å². The summed E-state index contributed by atoms with van der Waals surface area (Å²) in [5, 5.41) is 0. The van der Waals surface area contributed by atoms with E-state index in [0.29, 0.717) is 0 Å². The lowest BCUT2D eigenvalue weighted by molar-refractivity contribution is 0.647. The third-order valence-corrected chi connectivity index (χ3v) is 3.00. The molecule has 0 aliphatic rings. The van der Waals surface area contributed by atoms with Crippen LogP contribution in [-0.2, 0) is 0 Å². The highest BCUT2D eigenvalue weighted by Gasteiger charge is 2.06. The molecule has 0 fully saturated rings. The first kappa shape index (κ1) is 12.0. The van der Waals surface area contributed by atoms with Crippen molar-refractivity contribution in [3.63, 3.8) is 0 Å². The normalized spacial score (nSPS) is 13.4. The Labute approximate surface area is 80.0 Å². The first-order valence-electron chi connectivity index (χ1n) is 4.27. The van der Waals surface area contributed by atoms with Crippen molar-refractivity contribution in [3.05, 3.63) is 12.2 Å². The molecule has 2 nitrogen and oxygen atoms in total. The van der Waals surface area contributed by atoms with Crippen LogP contribution in [0.4, 0.5) is 0 Å². The van der Waals surface area contributed by atoms with Gasteiger partial charge >= 0.3 is 0 Å². The quantitative estimate of drug-likeness (QED) is 0.379. The number of nitrogens with one attached hydrogen (secondary N) is 1. The first-order valence-corrected chi connectivity index (χ1v) is 5.42. The summed E-state index contributed by atoms with van der Waals surface area (Å²) in [6, 6.07) is 0.258. The van der Waals surface area contributed by atoms with Gasteiger partial charge in [0.1, 0.15) is 0 Å². The molecule has 0 aromatic rings. The summed E-state index contributed by atoms with van der Waals surface area (Å²) >= 11 is 1.92. The SMILES string of the molecule is C=C(C)C(CSCC(C)C)NN. The topological polar surface area (TPSA) is 38.0 Å². The van der Waals surface area contributed by atoms with Crippen molar-refractivity contribution in [3.8, 4) is 0 Å². The zero-order valence-corrected chi connectivity index (χ0v) is 9.08. The van der Waals surface area contributed by atoms with Crippen LogP contribution in [-0.4, -0.2) is 17.5 Å². The summed E-state index contributed by atoms with van der Waals surface area (Å²) in [6.07, 6.45) is 0. The summed E-state index contributed by atoms with van der Waals surface area (Å²) in [5.41, 5.74) is 3.86. The van der Waals surface area contributed by atoms with Gasteiger partial charge in [0.05, 0.1) is 6.04 Å². The van der Waals surface area contributed by atoms with E-state index in [9.17, 15) is 0 Å². The third kappa shape index (κ3) is 5.63. The average molecular weight is 188 g/mol. The molecule has 0 saturated carbocycles. The Morgan fingerprint density at radius 1 is 1.50 bits per heavy atom. The van der Waals surface area contributed by atoms with E-state index in [4.69, 9.17) is 5.84 Å². The van der Waals surface area contributed by atoms with Gasteiger partial charge < -0.3 is 0 Å². The molecule has 1 unspecified atom stereocenters. The summed E-state index contributed by atoms with van der Waals surface area (Å²) in [7, 11) is 0. The Kier molecular flexibility index (Phi) is 6.52. The first-order chi connectivity index (χ1) is 5.57. The van der Waals surface area contributed by atoms with Gasteiger partial charge in [0.2, 0.25) is 0 Å². The van der Waals surface area contributed by atoms with Crippen LogP contribution >= 0.6 is 11.8 Å². The molecule has 12 heavy (non-hydrogen) atoms. The standard InChI is InChI=1S/C9H20N2S/c1-7(2)5-12-6-9(11-10)8(3)4/h7,9,11H,3,5-6,10H2,1-2,4H3. The van der Waals surface area contributed by atoms with Crippen LogP contribution in [0.5, 0.6) is 0 Å². The molecule has 3 heteroatoms. The molecule has 0 aromatic carbocycles. The van der Waals surface area contributed by atoms with Crippen LogP contribution < -0.4 is 11.3 Å². The van der Waals surface area contributed by atoms with Gasteiger partial charge in [-0.25, -0.2) is 0 Å². The molecule has 0 amide bonds. The van der Waals surface area contributed by atoms with Gasteiger partial charge in [-0.05, 0) is 18.6 Å². The highest BCUT2D eigenvalue weighted by molar-refractivity contribution is 7.99. The average Bonchev–Trinajstić information content (AvgIpc) is 1.96. The third-order valence-electron chi connectivity index (χ3n) is 1.53. The highest BCUT2D eigenvalue weighted by atomic mass is 32.2. The molecule has 72 valence electrons. The Morgan fingerprint density at radius 3 is 2.42 bits per heavy atom. The van der Waals surface area contributed by atoms with E-state index in [-0.39, 0.29) is 6.04 Å². The Balaban J connectivity index is 3.52. The molecule has 0 spiro atoms. The van der Waals surface area contributed by atoms with Gasteiger partial charge in [0, 0.05) is 5.75 Å². The lowest BCUT2D eigenvalue weighted by Crippen LogP contribution is -2.37. The van der Waals surface area contributed by atoms with E-state index in [1.54, 1.807) is 0 Å². The zero-order valence-electron chi connectivity index (χ0n) is 8.26. The predicted octanol–water partition coefficient (Wildman–Crippen LogP) is 1.78. The minimum atomic E-state index is 0.258. The Bertz CT molecular complexity index is 134. The van der Waals surface area contributed by atoms with Crippen molar-refractivity contribution in [2.75, 3.05) is 11.5 Å². The Hall–Kier alpha value is 0.01000. The van der Waals surface area contributed by atoms with Gasteiger partial charge in [-0.2, -0.15) is 11.8 Å². The summed E-state index contributed by atoms with van der Waals surface area (Å²) < 4.78 is 0. The van der Waals surface area contributed by atoms with Crippen molar-refractivity contribution in [2.24, 2.45) is 11.8 Å². The fraction of sp³-hybridized carbons (Fsp3) is 0.778. The zero-order chi connectivity index (χ0) is 9.56. The summed E-state index contributed by atoms with van der Waals surface area (Å²) in [4.78, 5) is 0. The van der Waals surface area contributed by atoms with Crippen LogP contribution in [0.15, 0.2) is 12.2 Å². The maximum atomic E-state index is 5.37. The van der Waals surface area contributed by atoms with Crippen molar-refractivity contribution in [1.29, 1.82) is 0 Å². The molecule has 0 rings (SSSR count). The molecule has 0 heterocycles. The second-order valence-corrected chi connectivity index (χ2v) is 4.57. The molecule has 3 N–H and O–H groups in total. The number of rotatable bonds is 6. The number of hydrazine groups is 1. The fourth-order valence-corrected chi connectivity index (χ4v) is 1.98. The lowest BCUT2D eigenvalue weighted by Gasteiger charge is -2.15. The van der Waals surface area contributed by atoms with Gasteiger partial charge in [0.25, 0.3) is 0 Å². The fourth-order valence-electron chi connectivity index (χ4n) is 0.754. The van der Waals surface area contributed by atoms with E-state index >= 15 is 0 Å². The minimum absolute atomic E-state index is 0.258. The molecule has 0 radical (unpaired) electrons. The molecule has 0 aliphatic heterocycles. The summed E-state index contributed by atoms with van der Waals surface area (Å²) in [5.74, 6) is 8.32. The van der Waals surface area contributed by atoms with Crippen LogP contribution in [0, 0.1) is 5.92 Å². The lowest BCUT2D eigenvalue weighted by atomic mass is 10.2. The molecular weight excluding hydrogens is 168 g/mol. The molecular formula is C9H20N2S. The second kappa shape index (κ2) is 6.52. The van der Waals surface area contributed by atoms with Gasteiger partial charge in [-0.15, -0.1) is 0 Å². The van der Waals surface area contributed by atoms with E-state index in [2.05, 4.69) is 25.9 Å². The number of hydrogen-bond donors (Lipinski definition) is 2. The van der Waals surface area contributed by atoms with Crippen molar-refractivity contribution < 1.29 is 0 Å². The number of thioether (sulfide) groups is 1. The predicted molar refractivity (Wildman–Crippen MR) is 58.1 cm³/mol. The molecule has 1 atom stereocenters. The number of nitrogens with two attached hydrogens (primary N) is 1.